The Bertz CT molecular complexity index is 382. The molecule has 6 nitrogen and oxygen atoms in total. The molecule has 1 aromatic rings. The van der Waals surface area contributed by atoms with Gasteiger partial charge in [-0.15, -0.1) is 5.10 Å². The molecule has 1 aliphatic rings. The van der Waals surface area contributed by atoms with Gasteiger partial charge in [-0.05, 0) is 18.3 Å². The van der Waals surface area contributed by atoms with E-state index in [-0.39, 0.29) is 0 Å². The lowest BCUT2D eigenvalue weighted by molar-refractivity contribution is 0.198. The highest BCUT2D eigenvalue weighted by atomic mass is 16.5. The number of methoxy groups -OCH3 is 1. The van der Waals surface area contributed by atoms with Crippen LogP contribution in [0.1, 0.15) is 26.2 Å². The normalized spacial score (nSPS) is 23.8. The first-order valence-corrected chi connectivity index (χ1v) is 6.97. The van der Waals surface area contributed by atoms with Gasteiger partial charge in [-0.1, -0.05) is 18.9 Å². The summed E-state index contributed by atoms with van der Waals surface area (Å²) in [6, 6.07) is 0.655. The van der Waals surface area contributed by atoms with E-state index in [1.807, 2.05) is 0 Å². The van der Waals surface area contributed by atoms with Crippen LogP contribution in [0.5, 0.6) is 0 Å². The summed E-state index contributed by atoms with van der Waals surface area (Å²) in [5.74, 6) is 2.08. The van der Waals surface area contributed by atoms with Crippen LogP contribution >= 0.6 is 0 Å². The van der Waals surface area contributed by atoms with Crippen molar-refractivity contribution in [2.75, 3.05) is 38.3 Å². The predicted molar refractivity (Wildman–Crippen MR) is 73.0 cm³/mol. The molecule has 1 fully saturated rings. The Morgan fingerprint density at radius 3 is 2.95 bits per heavy atom. The first kappa shape index (κ1) is 14.3. The molecule has 6 heteroatoms. The van der Waals surface area contributed by atoms with Crippen LogP contribution in [-0.2, 0) is 11.3 Å². The van der Waals surface area contributed by atoms with Crippen LogP contribution < -0.4 is 10.2 Å². The van der Waals surface area contributed by atoms with Gasteiger partial charge < -0.3 is 19.4 Å². The quantitative estimate of drug-likeness (QED) is 0.784. The van der Waals surface area contributed by atoms with Crippen LogP contribution in [0.15, 0.2) is 4.42 Å². The van der Waals surface area contributed by atoms with Gasteiger partial charge in [0.05, 0.1) is 13.2 Å². The van der Waals surface area contributed by atoms with Gasteiger partial charge in [0.25, 0.3) is 0 Å². The van der Waals surface area contributed by atoms with Crippen molar-refractivity contribution in [2.45, 2.75) is 26.8 Å². The van der Waals surface area contributed by atoms with E-state index in [1.54, 1.807) is 7.11 Å². The zero-order valence-electron chi connectivity index (χ0n) is 12.1. The average Bonchev–Trinajstić information content (AvgIpc) is 2.87. The molecule has 0 saturated carbocycles. The summed E-state index contributed by atoms with van der Waals surface area (Å²) in [5.41, 5.74) is 0. The fourth-order valence-electron chi connectivity index (χ4n) is 2.25. The van der Waals surface area contributed by atoms with Crippen molar-refractivity contribution >= 4 is 6.01 Å². The molecule has 2 unspecified atom stereocenters. The highest BCUT2D eigenvalue weighted by molar-refractivity contribution is 5.25. The second-order valence-corrected chi connectivity index (χ2v) is 5.34. The van der Waals surface area contributed by atoms with Crippen LogP contribution in [0.2, 0.25) is 0 Å². The molecule has 0 bridgehead atoms. The minimum atomic E-state index is 0.593. The van der Waals surface area contributed by atoms with Gasteiger partial charge >= 0.3 is 6.01 Å². The van der Waals surface area contributed by atoms with Gasteiger partial charge in [0, 0.05) is 26.7 Å². The first-order chi connectivity index (χ1) is 9.20. The second kappa shape index (κ2) is 6.86. The first-order valence-electron chi connectivity index (χ1n) is 6.97. The van der Waals surface area contributed by atoms with E-state index < -0.39 is 0 Å². The molecule has 0 radical (unpaired) electrons. The van der Waals surface area contributed by atoms with Crippen molar-refractivity contribution in [3.63, 3.8) is 0 Å². The molecule has 19 heavy (non-hydrogen) atoms. The van der Waals surface area contributed by atoms with Crippen LogP contribution in [-0.4, -0.2) is 43.5 Å². The number of anilines is 1. The number of hydrogen-bond acceptors (Lipinski definition) is 6. The monoisotopic (exact) mass is 268 g/mol. The standard InChI is InChI=1S/C13H24N4O2/c1-10-4-6-17(9-11(10)2)13-16-15-12(19-13)8-14-5-7-18-3/h10-11,14H,4-9H2,1-3H3. The smallest absolute Gasteiger partial charge is 0.318 e. The molecule has 0 spiro atoms. The lowest BCUT2D eigenvalue weighted by atomic mass is 9.89. The molecule has 1 saturated heterocycles. The highest BCUT2D eigenvalue weighted by Crippen LogP contribution is 2.25. The topological polar surface area (TPSA) is 63.4 Å². The largest absolute Gasteiger partial charge is 0.407 e. The maximum Gasteiger partial charge on any atom is 0.318 e. The third-order valence-corrected chi connectivity index (χ3v) is 3.82. The van der Waals surface area contributed by atoms with E-state index in [4.69, 9.17) is 9.15 Å². The van der Waals surface area contributed by atoms with Crippen LogP contribution in [0.3, 0.4) is 0 Å². The Hall–Kier alpha value is -1.14. The van der Waals surface area contributed by atoms with E-state index >= 15 is 0 Å². The Labute approximate surface area is 114 Å². The minimum Gasteiger partial charge on any atom is -0.407 e. The van der Waals surface area contributed by atoms with Crippen LogP contribution in [0.4, 0.5) is 6.01 Å². The Balaban J connectivity index is 1.83. The fourth-order valence-corrected chi connectivity index (χ4v) is 2.25. The molecule has 0 aliphatic carbocycles. The molecule has 1 aliphatic heterocycles. The summed E-state index contributed by atoms with van der Waals surface area (Å²) < 4.78 is 10.7. The number of nitrogens with zero attached hydrogens (tertiary/aromatic N) is 3. The molecule has 108 valence electrons. The second-order valence-electron chi connectivity index (χ2n) is 5.34. The van der Waals surface area contributed by atoms with Crippen molar-refractivity contribution in [3.8, 4) is 0 Å². The average molecular weight is 268 g/mol. The fraction of sp³-hybridized carbons (Fsp3) is 0.846. The highest BCUT2D eigenvalue weighted by Gasteiger charge is 2.25. The third-order valence-electron chi connectivity index (χ3n) is 3.82. The van der Waals surface area contributed by atoms with E-state index in [0.717, 1.165) is 25.6 Å². The Morgan fingerprint density at radius 1 is 1.37 bits per heavy atom. The van der Waals surface area contributed by atoms with E-state index in [0.29, 0.717) is 31.0 Å². The van der Waals surface area contributed by atoms with E-state index in [9.17, 15) is 0 Å². The maximum absolute atomic E-state index is 5.69. The molecule has 1 aromatic heterocycles. The molecule has 0 aromatic carbocycles. The number of hydrogen-bond donors (Lipinski definition) is 1. The molecule has 2 rings (SSSR count). The van der Waals surface area contributed by atoms with Gasteiger partial charge in [0.1, 0.15) is 0 Å². The number of aromatic nitrogens is 2. The Kier molecular flexibility index (Phi) is 5.15. The van der Waals surface area contributed by atoms with E-state index in [1.165, 1.54) is 6.42 Å². The Morgan fingerprint density at radius 2 is 2.21 bits per heavy atom. The number of rotatable bonds is 6. The molecule has 2 heterocycles. The molecular weight excluding hydrogens is 244 g/mol. The number of piperidine rings is 1. The zero-order chi connectivity index (χ0) is 13.7. The van der Waals surface area contributed by atoms with Gasteiger partial charge in [-0.25, -0.2) is 0 Å². The summed E-state index contributed by atoms with van der Waals surface area (Å²) in [7, 11) is 1.69. The van der Waals surface area contributed by atoms with Crippen molar-refractivity contribution in [3.05, 3.63) is 5.89 Å². The van der Waals surface area contributed by atoms with Gasteiger partial charge in [-0.2, -0.15) is 0 Å². The lowest BCUT2D eigenvalue weighted by Crippen LogP contribution is -2.38. The zero-order valence-corrected chi connectivity index (χ0v) is 12.1. The molecular formula is C13H24N4O2. The predicted octanol–water partition coefficient (Wildman–Crippen LogP) is 1.29. The summed E-state index contributed by atoms with van der Waals surface area (Å²) in [6.07, 6.45) is 1.19. The molecule has 0 amide bonds. The summed E-state index contributed by atoms with van der Waals surface area (Å²) in [4.78, 5) is 2.19. The SMILES string of the molecule is COCCNCc1nnc(N2CCC(C)C(C)C2)o1. The van der Waals surface area contributed by atoms with Crippen molar-refractivity contribution in [1.82, 2.24) is 15.5 Å². The van der Waals surface area contributed by atoms with Gasteiger partial charge in [-0.3, -0.25) is 0 Å². The van der Waals surface area contributed by atoms with Crippen molar-refractivity contribution < 1.29 is 9.15 Å². The number of nitrogens with one attached hydrogen (secondary N) is 1. The van der Waals surface area contributed by atoms with Crippen LogP contribution in [0, 0.1) is 11.8 Å². The van der Waals surface area contributed by atoms with E-state index in [2.05, 4.69) is 34.3 Å². The maximum atomic E-state index is 5.69. The van der Waals surface area contributed by atoms with Gasteiger partial charge in [0.2, 0.25) is 5.89 Å². The van der Waals surface area contributed by atoms with Crippen molar-refractivity contribution in [1.29, 1.82) is 0 Å². The van der Waals surface area contributed by atoms with Gasteiger partial charge in [0.15, 0.2) is 0 Å². The number of ether oxygens (including phenoxy) is 1. The van der Waals surface area contributed by atoms with Crippen LogP contribution in [0.25, 0.3) is 0 Å². The van der Waals surface area contributed by atoms with Crippen molar-refractivity contribution in [2.24, 2.45) is 11.8 Å². The molecule has 1 N–H and O–H groups in total. The summed E-state index contributed by atoms with van der Waals surface area (Å²) in [5, 5.41) is 11.4. The third kappa shape index (κ3) is 3.91. The minimum absolute atomic E-state index is 0.593. The summed E-state index contributed by atoms with van der Waals surface area (Å²) in [6.45, 7) is 8.65. The summed E-state index contributed by atoms with van der Waals surface area (Å²) >= 11 is 0. The molecule has 2 atom stereocenters. The lowest BCUT2D eigenvalue weighted by Gasteiger charge is -2.33.